The molecule has 0 radical (unpaired) electrons. The molecule has 1 saturated heterocycles. The van der Waals surface area contributed by atoms with E-state index in [-0.39, 0.29) is 5.91 Å². The smallest absolute Gasteiger partial charge is 0.311 e. The van der Waals surface area contributed by atoms with Gasteiger partial charge in [0.2, 0.25) is 0 Å². The fourth-order valence-corrected chi connectivity index (χ4v) is 1.81. The van der Waals surface area contributed by atoms with Crippen LogP contribution in [-0.4, -0.2) is 61.4 Å². The SMILES string of the molecule is CCCCCNC(=O)C(=O)N1CCN(C)CC1. The minimum Gasteiger partial charge on any atom is -0.348 e. The first-order valence-corrected chi connectivity index (χ1v) is 6.40. The summed E-state index contributed by atoms with van der Waals surface area (Å²) in [5.41, 5.74) is 0. The second-order valence-electron chi connectivity index (χ2n) is 4.56. The van der Waals surface area contributed by atoms with E-state index in [1.807, 2.05) is 7.05 Å². The standard InChI is InChI=1S/C12H23N3O2/c1-3-4-5-6-13-11(16)12(17)15-9-7-14(2)8-10-15/h3-10H2,1-2H3,(H,13,16). The number of nitrogens with one attached hydrogen (secondary N) is 1. The molecule has 0 aromatic rings. The number of unbranched alkanes of at least 4 members (excludes halogenated alkanes) is 2. The third-order valence-corrected chi connectivity index (χ3v) is 3.05. The van der Waals surface area contributed by atoms with Crippen LogP contribution in [0.15, 0.2) is 0 Å². The van der Waals surface area contributed by atoms with Crippen LogP contribution in [0.2, 0.25) is 0 Å². The van der Waals surface area contributed by atoms with Crippen molar-refractivity contribution in [3.63, 3.8) is 0 Å². The maximum absolute atomic E-state index is 11.8. The van der Waals surface area contributed by atoms with Crippen LogP contribution in [0.4, 0.5) is 0 Å². The highest BCUT2D eigenvalue weighted by atomic mass is 16.2. The van der Waals surface area contributed by atoms with Gasteiger partial charge < -0.3 is 15.1 Å². The van der Waals surface area contributed by atoms with Gasteiger partial charge in [0.1, 0.15) is 0 Å². The first-order valence-electron chi connectivity index (χ1n) is 6.40. The number of hydrogen-bond donors (Lipinski definition) is 1. The normalized spacial score (nSPS) is 16.9. The zero-order chi connectivity index (χ0) is 12.7. The summed E-state index contributed by atoms with van der Waals surface area (Å²) < 4.78 is 0. The molecule has 0 aliphatic carbocycles. The number of rotatable bonds is 4. The number of carbonyl (C=O) groups excluding carboxylic acids is 2. The number of nitrogens with zero attached hydrogens (tertiary/aromatic N) is 2. The summed E-state index contributed by atoms with van der Waals surface area (Å²) >= 11 is 0. The lowest BCUT2D eigenvalue weighted by Crippen LogP contribution is -2.51. The van der Waals surface area contributed by atoms with Crippen molar-refractivity contribution in [3.8, 4) is 0 Å². The number of hydrogen-bond acceptors (Lipinski definition) is 3. The second-order valence-corrected chi connectivity index (χ2v) is 4.56. The van der Waals surface area contributed by atoms with Crippen LogP contribution in [0.1, 0.15) is 26.2 Å². The van der Waals surface area contributed by atoms with E-state index in [0.29, 0.717) is 19.6 Å². The summed E-state index contributed by atoms with van der Waals surface area (Å²) in [7, 11) is 2.02. The van der Waals surface area contributed by atoms with Gasteiger partial charge in [0, 0.05) is 32.7 Å². The van der Waals surface area contributed by atoms with E-state index < -0.39 is 5.91 Å². The van der Waals surface area contributed by atoms with Crippen molar-refractivity contribution < 1.29 is 9.59 Å². The Bertz CT molecular complexity index is 260. The number of amides is 2. The summed E-state index contributed by atoms with van der Waals surface area (Å²) in [5, 5.41) is 2.68. The molecule has 1 rings (SSSR count). The lowest BCUT2D eigenvalue weighted by Gasteiger charge is -2.31. The van der Waals surface area contributed by atoms with Crippen molar-refractivity contribution >= 4 is 11.8 Å². The summed E-state index contributed by atoms with van der Waals surface area (Å²) in [4.78, 5) is 27.1. The molecule has 0 saturated carbocycles. The fourth-order valence-electron chi connectivity index (χ4n) is 1.81. The lowest BCUT2D eigenvalue weighted by molar-refractivity contribution is -0.146. The molecule has 0 aromatic carbocycles. The Morgan fingerprint density at radius 2 is 1.76 bits per heavy atom. The molecule has 2 amide bonds. The molecule has 1 heterocycles. The van der Waals surface area contributed by atoms with E-state index in [1.54, 1.807) is 4.90 Å². The molecule has 17 heavy (non-hydrogen) atoms. The quantitative estimate of drug-likeness (QED) is 0.559. The Morgan fingerprint density at radius 1 is 1.12 bits per heavy atom. The Balaban J connectivity index is 2.24. The highest BCUT2D eigenvalue weighted by Gasteiger charge is 2.24. The molecular weight excluding hydrogens is 218 g/mol. The van der Waals surface area contributed by atoms with Crippen molar-refractivity contribution in [1.29, 1.82) is 0 Å². The average Bonchev–Trinajstić information content (AvgIpc) is 2.34. The van der Waals surface area contributed by atoms with Gasteiger partial charge in [0.25, 0.3) is 0 Å². The minimum atomic E-state index is -0.453. The molecule has 5 nitrogen and oxygen atoms in total. The highest BCUT2D eigenvalue weighted by Crippen LogP contribution is 1.99. The van der Waals surface area contributed by atoms with E-state index >= 15 is 0 Å². The van der Waals surface area contributed by atoms with Crippen LogP contribution in [0, 0.1) is 0 Å². The summed E-state index contributed by atoms with van der Waals surface area (Å²) in [5.74, 6) is -0.833. The van der Waals surface area contributed by atoms with Gasteiger partial charge >= 0.3 is 11.8 Å². The molecule has 1 fully saturated rings. The zero-order valence-electron chi connectivity index (χ0n) is 10.9. The van der Waals surface area contributed by atoms with E-state index in [1.165, 1.54) is 0 Å². The summed E-state index contributed by atoms with van der Waals surface area (Å²) in [6, 6.07) is 0. The first kappa shape index (κ1) is 14.0. The Kier molecular flexibility index (Phi) is 5.97. The minimum absolute atomic E-state index is 0.380. The number of piperazine rings is 1. The van der Waals surface area contributed by atoms with Crippen LogP contribution in [0.3, 0.4) is 0 Å². The molecule has 1 N–H and O–H groups in total. The van der Waals surface area contributed by atoms with E-state index in [0.717, 1.165) is 32.4 Å². The molecule has 0 unspecified atom stereocenters. The summed E-state index contributed by atoms with van der Waals surface area (Å²) in [6.45, 7) is 5.70. The first-order chi connectivity index (χ1) is 8.15. The van der Waals surface area contributed by atoms with Crippen LogP contribution in [-0.2, 0) is 9.59 Å². The van der Waals surface area contributed by atoms with E-state index in [9.17, 15) is 9.59 Å². The lowest BCUT2D eigenvalue weighted by atomic mass is 10.2. The van der Waals surface area contributed by atoms with Gasteiger partial charge in [0.05, 0.1) is 0 Å². The third kappa shape index (κ3) is 4.73. The van der Waals surface area contributed by atoms with Crippen LogP contribution in [0.5, 0.6) is 0 Å². The van der Waals surface area contributed by atoms with Gasteiger partial charge in [-0.2, -0.15) is 0 Å². The van der Waals surface area contributed by atoms with Crippen molar-refractivity contribution in [3.05, 3.63) is 0 Å². The van der Waals surface area contributed by atoms with E-state index in [2.05, 4.69) is 17.1 Å². The zero-order valence-corrected chi connectivity index (χ0v) is 10.9. The second kappa shape index (κ2) is 7.27. The largest absolute Gasteiger partial charge is 0.348 e. The maximum Gasteiger partial charge on any atom is 0.311 e. The highest BCUT2D eigenvalue weighted by molar-refractivity contribution is 6.35. The van der Waals surface area contributed by atoms with Gasteiger partial charge in [0.15, 0.2) is 0 Å². The third-order valence-electron chi connectivity index (χ3n) is 3.05. The molecule has 0 spiro atoms. The van der Waals surface area contributed by atoms with E-state index in [4.69, 9.17) is 0 Å². The predicted octanol–water partition coefficient (Wildman–Crippen LogP) is 0.0668. The molecule has 0 aromatic heterocycles. The number of likely N-dealkylation sites (N-methyl/N-ethyl adjacent to an activating group) is 1. The maximum atomic E-state index is 11.8. The van der Waals surface area contributed by atoms with Gasteiger partial charge in [-0.1, -0.05) is 19.8 Å². The van der Waals surface area contributed by atoms with Crippen molar-refractivity contribution in [2.24, 2.45) is 0 Å². The Labute approximate surface area is 103 Å². The molecule has 5 heteroatoms. The Morgan fingerprint density at radius 3 is 2.35 bits per heavy atom. The topological polar surface area (TPSA) is 52.7 Å². The predicted molar refractivity (Wildman–Crippen MR) is 66.6 cm³/mol. The average molecular weight is 241 g/mol. The van der Waals surface area contributed by atoms with Gasteiger partial charge in [-0.25, -0.2) is 0 Å². The molecule has 1 aliphatic heterocycles. The van der Waals surface area contributed by atoms with Crippen LogP contribution < -0.4 is 5.32 Å². The fraction of sp³-hybridized carbons (Fsp3) is 0.833. The Hall–Kier alpha value is -1.10. The van der Waals surface area contributed by atoms with Gasteiger partial charge in [-0.3, -0.25) is 9.59 Å². The van der Waals surface area contributed by atoms with Crippen molar-refractivity contribution in [2.45, 2.75) is 26.2 Å². The molecule has 0 atom stereocenters. The monoisotopic (exact) mass is 241 g/mol. The molecular formula is C12H23N3O2. The summed E-state index contributed by atoms with van der Waals surface area (Å²) in [6.07, 6.45) is 3.14. The van der Waals surface area contributed by atoms with Gasteiger partial charge in [-0.05, 0) is 13.5 Å². The van der Waals surface area contributed by atoms with Gasteiger partial charge in [-0.15, -0.1) is 0 Å². The molecule has 98 valence electrons. The van der Waals surface area contributed by atoms with Crippen molar-refractivity contribution in [1.82, 2.24) is 15.1 Å². The molecule has 1 aliphatic rings. The van der Waals surface area contributed by atoms with Crippen LogP contribution >= 0.6 is 0 Å². The molecule has 0 bridgehead atoms. The van der Waals surface area contributed by atoms with Crippen molar-refractivity contribution in [2.75, 3.05) is 39.8 Å². The number of carbonyl (C=O) groups is 2. The van der Waals surface area contributed by atoms with Crippen LogP contribution in [0.25, 0.3) is 0 Å².